The molecule has 0 amide bonds. The van der Waals surface area contributed by atoms with E-state index in [1.54, 1.807) is 0 Å². The van der Waals surface area contributed by atoms with Gasteiger partial charge in [-0.05, 0) is 12.8 Å². The lowest BCUT2D eigenvalue weighted by Crippen LogP contribution is -2.21. The van der Waals surface area contributed by atoms with E-state index in [0.29, 0.717) is 13.1 Å². The number of aliphatic hydroxyl groups excluding tert-OH is 3. The first-order chi connectivity index (χ1) is 8.85. The number of nitrogens with one attached hydrogen (secondary N) is 1. The lowest BCUT2D eigenvalue weighted by Gasteiger charge is -2.00. The van der Waals surface area contributed by atoms with Gasteiger partial charge in [0, 0.05) is 19.7 Å². The van der Waals surface area contributed by atoms with Gasteiger partial charge >= 0.3 is 7.82 Å². The van der Waals surface area contributed by atoms with Gasteiger partial charge in [0.15, 0.2) is 0 Å². The van der Waals surface area contributed by atoms with Crippen molar-refractivity contribution in [3.63, 3.8) is 0 Å². The molecule has 1 unspecified atom stereocenters. The van der Waals surface area contributed by atoms with Crippen molar-refractivity contribution in [2.24, 2.45) is 0 Å². The summed E-state index contributed by atoms with van der Waals surface area (Å²) in [6, 6.07) is 0. The molecule has 7 N–H and O–H groups in total. The molecule has 1 aliphatic heterocycles. The van der Waals surface area contributed by atoms with Crippen LogP contribution in [0, 0.1) is 0 Å². The number of phosphoric acid groups is 1. The highest BCUT2D eigenvalue weighted by molar-refractivity contribution is 7.45. The van der Waals surface area contributed by atoms with Crippen LogP contribution in [0.15, 0.2) is 0 Å². The lowest BCUT2D eigenvalue weighted by molar-refractivity contribution is 0.0591. The van der Waals surface area contributed by atoms with Gasteiger partial charge in [0.2, 0.25) is 0 Å². The molecule has 0 aliphatic carbocycles. The summed E-state index contributed by atoms with van der Waals surface area (Å²) in [4.78, 5) is 21.6. The van der Waals surface area contributed by atoms with Crippen LogP contribution in [0.3, 0.4) is 0 Å². The molecule has 118 valence electrons. The molecule has 1 heterocycles. The average Bonchev–Trinajstić information content (AvgIpc) is 2.81. The van der Waals surface area contributed by atoms with Crippen LogP contribution in [0.4, 0.5) is 0 Å². The molecule has 9 nitrogen and oxygen atoms in total. The fourth-order valence-electron chi connectivity index (χ4n) is 1.07. The van der Waals surface area contributed by atoms with Gasteiger partial charge in [-0.25, -0.2) is 4.57 Å². The van der Waals surface area contributed by atoms with Gasteiger partial charge in [0.1, 0.15) is 0 Å². The predicted molar refractivity (Wildman–Crippen MR) is 67.4 cm³/mol. The van der Waals surface area contributed by atoms with Crippen molar-refractivity contribution in [3.05, 3.63) is 0 Å². The van der Waals surface area contributed by atoms with Crippen molar-refractivity contribution in [2.75, 3.05) is 39.5 Å². The fraction of sp³-hybridized carbons (Fsp3) is 1.00. The molecule has 1 aliphatic rings. The molecule has 0 aromatic carbocycles. The first kappa shape index (κ1) is 21.2. The maximum atomic E-state index is 8.88. The molecule has 1 fully saturated rings. The second-order valence-corrected chi connectivity index (χ2v) is 4.55. The third-order valence-electron chi connectivity index (χ3n) is 1.80. The zero-order valence-corrected chi connectivity index (χ0v) is 11.6. The summed E-state index contributed by atoms with van der Waals surface area (Å²) >= 11 is 0. The number of ether oxygens (including phenoxy) is 1. The summed E-state index contributed by atoms with van der Waals surface area (Å²) in [6.07, 6.45) is 2.31. The minimum atomic E-state index is -4.64. The van der Waals surface area contributed by atoms with Gasteiger partial charge < -0.3 is 40.1 Å². The highest BCUT2D eigenvalue weighted by Crippen LogP contribution is 2.25. The van der Waals surface area contributed by atoms with E-state index in [4.69, 9.17) is 39.3 Å². The highest BCUT2D eigenvalue weighted by Gasteiger charge is 2.12. The molecule has 1 atom stereocenters. The first-order valence-corrected chi connectivity index (χ1v) is 7.34. The van der Waals surface area contributed by atoms with Crippen LogP contribution in [0.2, 0.25) is 0 Å². The molecule has 10 heteroatoms. The van der Waals surface area contributed by atoms with E-state index in [2.05, 4.69) is 5.32 Å². The third-order valence-corrected chi connectivity index (χ3v) is 1.80. The van der Waals surface area contributed by atoms with E-state index < -0.39 is 7.82 Å². The summed E-state index contributed by atoms with van der Waals surface area (Å²) in [5, 5.41) is 27.5. The molecule has 19 heavy (non-hydrogen) atoms. The van der Waals surface area contributed by atoms with Crippen LogP contribution >= 0.6 is 7.82 Å². The van der Waals surface area contributed by atoms with Crippen molar-refractivity contribution >= 4 is 7.82 Å². The Balaban J connectivity index is 0. The smallest absolute Gasteiger partial charge is 0.395 e. The lowest BCUT2D eigenvalue weighted by atomic mass is 10.2. The maximum absolute atomic E-state index is 8.88. The zero-order chi connectivity index (χ0) is 15.1. The van der Waals surface area contributed by atoms with Crippen molar-refractivity contribution < 1.29 is 39.3 Å². The van der Waals surface area contributed by atoms with Gasteiger partial charge in [-0.3, -0.25) is 0 Å². The predicted octanol–water partition coefficient (Wildman–Crippen LogP) is -2.21. The quantitative estimate of drug-likeness (QED) is 0.221. The Hall–Kier alpha value is -0.0900. The summed E-state index contributed by atoms with van der Waals surface area (Å²) in [6.45, 7) is 2.45. The summed E-state index contributed by atoms with van der Waals surface area (Å²) < 4.78 is 13.9. The van der Waals surface area contributed by atoms with E-state index in [0.717, 1.165) is 19.4 Å². The Labute approximate surface area is 112 Å². The molecule has 0 radical (unpaired) electrons. The van der Waals surface area contributed by atoms with Crippen LogP contribution in [-0.4, -0.2) is 75.6 Å². The van der Waals surface area contributed by atoms with E-state index >= 15 is 0 Å². The topological polar surface area (TPSA) is 160 Å². The number of hydrogen-bond acceptors (Lipinski definition) is 6. The van der Waals surface area contributed by atoms with E-state index in [1.807, 2.05) is 0 Å². The summed E-state index contributed by atoms with van der Waals surface area (Å²) in [7, 11) is -4.64. The summed E-state index contributed by atoms with van der Waals surface area (Å²) in [5.74, 6) is 0. The van der Waals surface area contributed by atoms with Crippen LogP contribution in [0.25, 0.3) is 0 Å². The normalized spacial score (nSPS) is 18.1. The average molecular weight is 305 g/mol. The molecule has 0 aromatic heterocycles. The number of aliphatic hydroxyl groups is 3. The van der Waals surface area contributed by atoms with E-state index in [-0.39, 0.29) is 25.9 Å². The third kappa shape index (κ3) is 27.2. The molecule has 0 bridgehead atoms. The monoisotopic (exact) mass is 305 g/mol. The number of rotatable bonds is 5. The van der Waals surface area contributed by atoms with Crippen LogP contribution in [0.1, 0.15) is 12.8 Å². The van der Waals surface area contributed by atoms with Crippen LogP contribution < -0.4 is 5.32 Å². The Morgan fingerprint density at radius 3 is 1.79 bits per heavy atom. The van der Waals surface area contributed by atoms with E-state index in [9.17, 15) is 0 Å². The van der Waals surface area contributed by atoms with Crippen molar-refractivity contribution in [1.29, 1.82) is 0 Å². The molecular weight excluding hydrogens is 281 g/mol. The van der Waals surface area contributed by atoms with Gasteiger partial charge in [0.25, 0.3) is 0 Å². The molecule has 0 saturated carbocycles. The second-order valence-electron chi connectivity index (χ2n) is 3.53. The zero-order valence-electron chi connectivity index (χ0n) is 10.7. The Morgan fingerprint density at radius 2 is 1.58 bits per heavy atom. The van der Waals surface area contributed by atoms with Gasteiger partial charge in [-0.2, -0.15) is 0 Å². The first-order valence-electron chi connectivity index (χ1n) is 5.78. The SMILES string of the molecule is O=P(O)(O)O.OCC1CCCO1.OCCNCCO. The van der Waals surface area contributed by atoms with Crippen LogP contribution in [0.5, 0.6) is 0 Å². The van der Waals surface area contributed by atoms with Crippen molar-refractivity contribution in [2.45, 2.75) is 18.9 Å². The van der Waals surface area contributed by atoms with Crippen molar-refractivity contribution in [3.8, 4) is 0 Å². The molecular formula is C9H24NO8P. The molecule has 0 spiro atoms. The maximum Gasteiger partial charge on any atom is 0.466 e. The summed E-state index contributed by atoms with van der Waals surface area (Å²) in [5.41, 5.74) is 0. The Bertz CT molecular complexity index is 206. The molecule has 0 aromatic rings. The fourth-order valence-corrected chi connectivity index (χ4v) is 1.07. The number of hydrogen-bond donors (Lipinski definition) is 7. The Morgan fingerprint density at radius 1 is 1.11 bits per heavy atom. The van der Waals surface area contributed by atoms with Crippen LogP contribution in [-0.2, 0) is 9.30 Å². The molecule has 1 rings (SSSR count). The van der Waals surface area contributed by atoms with Gasteiger partial charge in [-0.1, -0.05) is 0 Å². The largest absolute Gasteiger partial charge is 0.466 e. The standard InChI is InChI=1S/C5H10O2.C4H11NO2.H3O4P/c6-4-5-2-1-3-7-5;6-3-1-5-2-4-7;1-5(2,3)4/h5-6H,1-4H2;5-7H,1-4H2;(H3,1,2,3,4). The molecule has 1 saturated heterocycles. The Kier molecular flexibility index (Phi) is 16.0. The minimum Gasteiger partial charge on any atom is -0.395 e. The highest BCUT2D eigenvalue weighted by atomic mass is 31.2. The van der Waals surface area contributed by atoms with E-state index in [1.165, 1.54) is 0 Å². The minimum absolute atomic E-state index is 0.139. The van der Waals surface area contributed by atoms with Gasteiger partial charge in [0.05, 0.1) is 25.9 Å². The second kappa shape index (κ2) is 14.3. The van der Waals surface area contributed by atoms with Crippen molar-refractivity contribution in [1.82, 2.24) is 5.32 Å². The van der Waals surface area contributed by atoms with Gasteiger partial charge in [-0.15, -0.1) is 0 Å².